The first kappa shape index (κ1) is 14.3. The molecule has 2 rings (SSSR count). The molecule has 0 bridgehead atoms. The van der Waals surface area contributed by atoms with Crippen LogP contribution in [0.15, 0.2) is 42.5 Å². The summed E-state index contributed by atoms with van der Waals surface area (Å²) in [6.07, 6.45) is 0.276. The molecule has 2 nitrogen and oxygen atoms in total. The van der Waals surface area contributed by atoms with E-state index in [0.29, 0.717) is 12.2 Å². The van der Waals surface area contributed by atoms with Crippen LogP contribution < -0.4 is 4.74 Å². The van der Waals surface area contributed by atoms with Gasteiger partial charge < -0.3 is 4.74 Å². The van der Waals surface area contributed by atoms with Gasteiger partial charge in [0.2, 0.25) is 0 Å². The molecule has 0 aliphatic heterocycles. The van der Waals surface area contributed by atoms with Crippen LogP contribution in [0.3, 0.4) is 0 Å². The lowest BCUT2D eigenvalue weighted by Gasteiger charge is -2.08. The Morgan fingerprint density at radius 2 is 1.65 bits per heavy atom. The number of rotatable bonds is 5. The zero-order chi connectivity index (χ0) is 14.5. The number of Topliss-reactive ketones (excluding diaryl/α,β-unsaturated/α-hetero) is 1. The highest BCUT2D eigenvalue weighted by molar-refractivity contribution is 5.96. The summed E-state index contributed by atoms with van der Waals surface area (Å²) in [7, 11) is 0. The first-order chi connectivity index (χ1) is 9.54. The predicted octanol–water partition coefficient (Wildman–Crippen LogP) is 4.09. The molecule has 0 spiro atoms. The van der Waals surface area contributed by atoms with Crippen LogP contribution in [0, 0.1) is 19.7 Å². The second-order valence-corrected chi connectivity index (χ2v) is 4.85. The molecule has 0 aliphatic carbocycles. The van der Waals surface area contributed by atoms with Crippen molar-refractivity contribution in [1.82, 2.24) is 0 Å². The van der Waals surface area contributed by atoms with Gasteiger partial charge in [-0.15, -0.1) is 0 Å². The van der Waals surface area contributed by atoms with Gasteiger partial charge in [0.15, 0.2) is 5.78 Å². The number of hydrogen-bond donors (Lipinski definition) is 0. The lowest BCUT2D eigenvalue weighted by Crippen LogP contribution is -2.07. The summed E-state index contributed by atoms with van der Waals surface area (Å²) in [6, 6.07) is 11.5. The fourth-order valence-corrected chi connectivity index (χ4v) is 2.06. The number of aryl methyl sites for hydroxylation is 2. The summed E-state index contributed by atoms with van der Waals surface area (Å²) in [6.45, 7) is 4.33. The topological polar surface area (TPSA) is 26.3 Å². The molecule has 0 aromatic heterocycles. The van der Waals surface area contributed by atoms with E-state index >= 15 is 0 Å². The van der Waals surface area contributed by atoms with E-state index in [9.17, 15) is 9.18 Å². The standard InChI is InChI=1S/C17H17FO2/c1-12-9-13(2)11-16(10-12)20-8-7-17(19)14-3-5-15(18)6-4-14/h3-6,9-11H,7-8H2,1-2H3. The molecule has 20 heavy (non-hydrogen) atoms. The van der Waals surface area contributed by atoms with E-state index in [0.717, 1.165) is 16.9 Å². The molecule has 0 atom stereocenters. The third-order valence-electron chi connectivity index (χ3n) is 2.96. The lowest BCUT2D eigenvalue weighted by atomic mass is 10.1. The van der Waals surface area contributed by atoms with Gasteiger partial charge in [0.05, 0.1) is 6.61 Å². The Bertz CT molecular complexity index is 583. The van der Waals surface area contributed by atoms with Gasteiger partial charge >= 0.3 is 0 Å². The molecule has 2 aromatic carbocycles. The maximum absolute atomic E-state index is 12.8. The Morgan fingerprint density at radius 3 is 2.25 bits per heavy atom. The second-order valence-electron chi connectivity index (χ2n) is 4.85. The van der Waals surface area contributed by atoms with E-state index < -0.39 is 0 Å². The number of hydrogen-bond acceptors (Lipinski definition) is 2. The number of halogens is 1. The van der Waals surface area contributed by atoms with Gasteiger partial charge in [-0.25, -0.2) is 4.39 Å². The van der Waals surface area contributed by atoms with Gasteiger partial charge in [-0.05, 0) is 61.4 Å². The largest absolute Gasteiger partial charge is 0.493 e. The molecule has 0 amide bonds. The predicted molar refractivity (Wildman–Crippen MR) is 76.8 cm³/mol. The number of ether oxygens (including phenoxy) is 1. The normalized spacial score (nSPS) is 10.3. The van der Waals surface area contributed by atoms with E-state index in [1.807, 2.05) is 26.0 Å². The van der Waals surface area contributed by atoms with Crippen LogP contribution >= 0.6 is 0 Å². The molecular formula is C17H17FO2. The maximum atomic E-state index is 12.8. The van der Waals surface area contributed by atoms with Crippen molar-refractivity contribution < 1.29 is 13.9 Å². The molecule has 0 saturated carbocycles. The Hall–Kier alpha value is -2.16. The number of ketones is 1. The fraction of sp³-hybridized carbons (Fsp3) is 0.235. The highest BCUT2D eigenvalue weighted by Crippen LogP contribution is 2.16. The van der Waals surface area contributed by atoms with E-state index in [1.165, 1.54) is 24.3 Å². The highest BCUT2D eigenvalue weighted by Gasteiger charge is 2.06. The average Bonchev–Trinajstić information content (AvgIpc) is 2.38. The highest BCUT2D eigenvalue weighted by atomic mass is 19.1. The lowest BCUT2D eigenvalue weighted by molar-refractivity contribution is 0.0962. The summed E-state index contributed by atoms with van der Waals surface area (Å²) < 4.78 is 18.4. The first-order valence-electron chi connectivity index (χ1n) is 6.54. The van der Waals surface area contributed by atoms with Crippen molar-refractivity contribution in [2.24, 2.45) is 0 Å². The number of benzene rings is 2. The third kappa shape index (κ3) is 3.92. The molecular weight excluding hydrogens is 255 g/mol. The van der Waals surface area contributed by atoms with Gasteiger partial charge in [0.1, 0.15) is 11.6 Å². The molecule has 0 aliphatic rings. The van der Waals surface area contributed by atoms with E-state index in [1.54, 1.807) is 0 Å². The molecule has 2 aromatic rings. The van der Waals surface area contributed by atoms with Crippen LogP contribution in [-0.4, -0.2) is 12.4 Å². The number of carbonyl (C=O) groups excluding carboxylic acids is 1. The zero-order valence-electron chi connectivity index (χ0n) is 11.7. The number of carbonyl (C=O) groups is 1. The smallest absolute Gasteiger partial charge is 0.166 e. The van der Waals surface area contributed by atoms with Gasteiger partial charge in [0, 0.05) is 12.0 Å². The van der Waals surface area contributed by atoms with Gasteiger partial charge in [0.25, 0.3) is 0 Å². The minimum atomic E-state index is -0.340. The van der Waals surface area contributed by atoms with Gasteiger partial charge in [-0.1, -0.05) is 6.07 Å². The molecule has 0 fully saturated rings. The summed E-state index contributed by atoms with van der Waals surface area (Å²) in [4.78, 5) is 11.9. The summed E-state index contributed by atoms with van der Waals surface area (Å²) in [5, 5.41) is 0. The minimum absolute atomic E-state index is 0.0469. The molecule has 104 valence electrons. The first-order valence-corrected chi connectivity index (χ1v) is 6.54. The van der Waals surface area contributed by atoms with Gasteiger partial charge in [-0.3, -0.25) is 4.79 Å². The fourth-order valence-electron chi connectivity index (χ4n) is 2.06. The van der Waals surface area contributed by atoms with Gasteiger partial charge in [-0.2, -0.15) is 0 Å². The monoisotopic (exact) mass is 272 g/mol. The van der Waals surface area contributed by atoms with E-state index in [2.05, 4.69) is 6.07 Å². The van der Waals surface area contributed by atoms with Crippen LogP contribution in [-0.2, 0) is 0 Å². The van der Waals surface area contributed by atoms with Crippen molar-refractivity contribution in [3.63, 3.8) is 0 Å². The molecule has 0 unspecified atom stereocenters. The average molecular weight is 272 g/mol. The Kier molecular flexibility index (Phi) is 4.51. The zero-order valence-corrected chi connectivity index (χ0v) is 11.7. The Balaban J connectivity index is 1.89. The van der Waals surface area contributed by atoms with Crippen LogP contribution in [0.4, 0.5) is 4.39 Å². The van der Waals surface area contributed by atoms with Crippen molar-refractivity contribution in [3.8, 4) is 5.75 Å². The van der Waals surface area contributed by atoms with Crippen molar-refractivity contribution in [1.29, 1.82) is 0 Å². The van der Waals surface area contributed by atoms with Crippen LogP contribution in [0.1, 0.15) is 27.9 Å². The van der Waals surface area contributed by atoms with E-state index in [4.69, 9.17) is 4.74 Å². The van der Waals surface area contributed by atoms with E-state index in [-0.39, 0.29) is 18.0 Å². The third-order valence-corrected chi connectivity index (χ3v) is 2.96. The maximum Gasteiger partial charge on any atom is 0.166 e. The van der Waals surface area contributed by atoms with Crippen molar-refractivity contribution >= 4 is 5.78 Å². The second kappa shape index (κ2) is 6.33. The van der Waals surface area contributed by atoms with Crippen molar-refractivity contribution in [2.45, 2.75) is 20.3 Å². The minimum Gasteiger partial charge on any atom is -0.493 e. The van der Waals surface area contributed by atoms with Crippen LogP contribution in [0.25, 0.3) is 0 Å². The van der Waals surface area contributed by atoms with Crippen molar-refractivity contribution in [2.75, 3.05) is 6.61 Å². The molecule has 0 heterocycles. The summed E-state index contributed by atoms with van der Waals surface area (Å²) >= 11 is 0. The molecule has 0 saturated heterocycles. The Morgan fingerprint density at radius 1 is 1.05 bits per heavy atom. The van der Waals surface area contributed by atoms with Crippen molar-refractivity contribution in [3.05, 3.63) is 65.0 Å². The van der Waals surface area contributed by atoms with Crippen LogP contribution in [0.5, 0.6) is 5.75 Å². The molecule has 3 heteroatoms. The summed E-state index contributed by atoms with van der Waals surface area (Å²) in [5.41, 5.74) is 2.77. The molecule has 0 radical (unpaired) electrons. The SMILES string of the molecule is Cc1cc(C)cc(OCCC(=O)c2ccc(F)cc2)c1. The van der Waals surface area contributed by atoms with Crippen LogP contribution in [0.2, 0.25) is 0 Å². The Labute approximate surface area is 118 Å². The molecule has 0 N–H and O–H groups in total. The quantitative estimate of drug-likeness (QED) is 0.766. The summed E-state index contributed by atoms with van der Waals surface area (Å²) in [5.74, 6) is 0.386.